The minimum absolute atomic E-state index is 0.140. The molecule has 1 aliphatic carbocycles. The lowest BCUT2D eigenvalue weighted by Crippen LogP contribution is -2.32. The number of hydrogen-bond donors (Lipinski definition) is 3. The predicted octanol–water partition coefficient (Wildman–Crippen LogP) is 4.49. The highest BCUT2D eigenvalue weighted by Crippen LogP contribution is 2.31. The molecule has 0 aliphatic heterocycles. The molecule has 1 unspecified atom stereocenters. The first-order valence-corrected chi connectivity index (χ1v) is 11.7. The Bertz CT molecular complexity index is 992. The lowest BCUT2D eigenvalue weighted by Gasteiger charge is -2.26. The maximum absolute atomic E-state index is 12.6. The standard InChI is InChI=1S/C24H31ClN4O4/c1-4-18-10-19(21(33-3)13-26-18)14(2)29-22-20(25)9-17(12-27-22)23(30)28-11-15-5-7-16(8-6-15)24(31)32/h9-10,12-16H,4-8,11H2,1-3H3,(H,27,29)(H,28,30)(H,31,32). The van der Waals surface area contributed by atoms with Crippen molar-refractivity contribution in [2.24, 2.45) is 11.8 Å². The van der Waals surface area contributed by atoms with Crippen molar-refractivity contribution in [3.63, 3.8) is 0 Å². The molecule has 0 aromatic carbocycles. The van der Waals surface area contributed by atoms with Gasteiger partial charge in [0, 0.05) is 24.0 Å². The van der Waals surface area contributed by atoms with Gasteiger partial charge in [-0.3, -0.25) is 14.6 Å². The van der Waals surface area contributed by atoms with Crippen molar-refractivity contribution in [3.05, 3.63) is 46.4 Å². The molecule has 2 aromatic heterocycles. The number of aromatic nitrogens is 2. The number of ether oxygens (including phenoxy) is 1. The second-order valence-corrected chi connectivity index (χ2v) is 8.86. The van der Waals surface area contributed by atoms with Gasteiger partial charge >= 0.3 is 5.97 Å². The zero-order chi connectivity index (χ0) is 24.0. The van der Waals surface area contributed by atoms with Gasteiger partial charge in [-0.2, -0.15) is 0 Å². The van der Waals surface area contributed by atoms with Gasteiger partial charge in [0.25, 0.3) is 5.91 Å². The Labute approximate surface area is 199 Å². The topological polar surface area (TPSA) is 113 Å². The summed E-state index contributed by atoms with van der Waals surface area (Å²) in [5.74, 6) is 0.213. The third kappa shape index (κ3) is 6.35. The van der Waals surface area contributed by atoms with Gasteiger partial charge < -0.3 is 20.5 Å². The van der Waals surface area contributed by atoms with E-state index in [4.69, 9.17) is 21.4 Å². The average Bonchev–Trinajstić information content (AvgIpc) is 2.83. The van der Waals surface area contributed by atoms with Gasteiger partial charge in [0.05, 0.1) is 35.9 Å². The zero-order valence-corrected chi connectivity index (χ0v) is 20.0. The molecule has 1 aliphatic rings. The predicted molar refractivity (Wildman–Crippen MR) is 127 cm³/mol. The number of anilines is 1. The summed E-state index contributed by atoms with van der Waals surface area (Å²) in [6, 6.07) is 3.45. The summed E-state index contributed by atoms with van der Waals surface area (Å²) in [7, 11) is 1.61. The second-order valence-electron chi connectivity index (χ2n) is 8.46. The van der Waals surface area contributed by atoms with Crippen LogP contribution in [-0.2, 0) is 11.2 Å². The first-order valence-electron chi connectivity index (χ1n) is 11.3. The number of carboxylic acid groups (broad SMARTS) is 1. The quantitative estimate of drug-likeness (QED) is 0.490. The lowest BCUT2D eigenvalue weighted by molar-refractivity contribution is -0.143. The van der Waals surface area contributed by atoms with E-state index in [2.05, 4.69) is 20.6 Å². The number of aliphatic carboxylic acids is 1. The fourth-order valence-corrected chi connectivity index (χ4v) is 4.33. The second kappa shape index (κ2) is 11.3. The molecule has 2 aromatic rings. The van der Waals surface area contributed by atoms with Crippen LogP contribution in [0.1, 0.15) is 67.2 Å². The molecule has 1 fully saturated rings. The zero-order valence-electron chi connectivity index (χ0n) is 19.2. The molecule has 3 N–H and O–H groups in total. The number of halogens is 1. The van der Waals surface area contributed by atoms with Crippen LogP contribution in [0.4, 0.5) is 5.82 Å². The Balaban J connectivity index is 1.59. The molecule has 8 nitrogen and oxygen atoms in total. The summed E-state index contributed by atoms with van der Waals surface area (Å²) in [6.45, 7) is 4.54. The van der Waals surface area contributed by atoms with Gasteiger partial charge in [-0.25, -0.2) is 4.98 Å². The number of rotatable bonds is 9. The normalized spacial score (nSPS) is 18.9. The molecule has 1 atom stereocenters. The van der Waals surface area contributed by atoms with E-state index in [-0.39, 0.29) is 23.8 Å². The highest BCUT2D eigenvalue weighted by molar-refractivity contribution is 6.33. The van der Waals surface area contributed by atoms with Crippen LogP contribution in [0.25, 0.3) is 0 Å². The van der Waals surface area contributed by atoms with Crippen LogP contribution in [0.15, 0.2) is 24.5 Å². The maximum atomic E-state index is 12.6. The number of aryl methyl sites for hydroxylation is 1. The number of carbonyl (C=O) groups is 2. The molecule has 0 bridgehead atoms. The SMILES string of the molecule is CCc1cc(C(C)Nc2ncc(C(=O)NCC3CCC(C(=O)O)CC3)cc2Cl)c(OC)cn1. The Morgan fingerprint density at radius 2 is 1.94 bits per heavy atom. The third-order valence-corrected chi connectivity index (χ3v) is 6.49. The van der Waals surface area contributed by atoms with Crippen LogP contribution in [-0.4, -0.2) is 40.6 Å². The Hall–Kier alpha value is -2.87. The molecule has 9 heteroatoms. The molecular weight excluding hydrogens is 444 g/mol. The van der Waals surface area contributed by atoms with E-state index in [1.54, 1.807) is 19.4 Å². The highest BCUT2D eigenvalue weighted by Gasteiger charge is 2.26. The largest absolute Gasteiger partial charge is 0.495 e. The van der Waals surface area contributed by atoms with Crippen molar-refractivity contribution in [1.82, 2.24) is 15.3 Å². The van der Waals surface area contributed by atoms with Crippen molar-refractivity contribution in [2.45, 2.75) is 52.0 Å². The van der Waals surface area contributed by atoms with Gasteiger partial charge in [0.2, 0.25) is 0 Å². The van der Waals surface area contributed by atoms with Crippen molar-refractivity contribution >= 4 is 29.3 Å². The number of carbonyl (C=O) groups excluding carboxylic acids is 1. The third-order valence-electron chi connectivity index (χ3n) is 6.21. The van der Waals surface area contributed by atoms with E-state index in [9.17, 15) is 9.59 Å². The molecule has 33 heavy (non-hydrogen) atoms. The lowest BCUT2D eigenvalue weighted by atomic mass is 9.82. The number of pyridine rings is 2. The number of carboxylic acids is 1. The Morgan fingerprint density at radius 1 is 1.21 bits per heavy atom. The number of hydrogen-bond acceptors (Lipinski definition) is 6. The van der Waals surface area contributed by atoms with Gasteiger partial charge in [0.1, 0.15) is 11.6 Å². The first-order chi connectivity index (χ1) is 15.8. The van der Waals surface area contributed by atoms with Gasteiger partial charge in [-0.1, -0.05) is 18.5 Å². The van der Waals surface area contributed by atoms with Crippen LogP contribution < -0.4 is 15.4 Å². The average molecular weight is 475 g/mol. The van der Waals surface area contributed by atoms with Gasteiger partial charge in [-0.15, -0.1) is 0 Å². The summed E-state index contributed by atoms with van der Waals surface area (Å²) >= 11 is 6.43. The molecule has 3 rings (SSSR count). The molecule has 1 amide bonds. The Kier molecular flexibility index (Phi) is 8.49. The van der Waals surface area contributed by atoms with Crippen molar-refractivity contribution in [3.8, 4) is 5.75 Å². The van der Waals surface area contributed by atoms with Crippen LogP contribution in [0.3, 0.4) is 0 Å². The van der Waals surface area contributed by atoms with E-state index < -0.39 is 5.97 Å². The van der Waals surface area contributed by atoms with E-state index in [0.717, 1.165) is 30.5 Å². The molecule has 2 heterocycles. The van der Waals surface area contributed by atoms with Gasteiger partial charge in [0.15, 0.2) is 0 Å². The van der Waals surface area contributed by atoms with E-state index in [1.807, 2.05) is 19.9 Å². The fraction of sp³-hybridized carbons (Fsp3) is 0.500. The molecule has 178 valence electrons. The van der Waals surface area contributed by atoms with Crippen molar-refractivity contribution < 1.29 is 19.4 Å². The smallest absolute Gasteiger partial charge is 0.306 e. The van der Waals surface area contributed by atoms with Crippen LogP contribution >= 0.6 is 11.6 Å². The molecule has 0 saturated heterocycles. The maximum Gasteiger partial charge on any atom is 0.306 e. The van der Waals surface area contributed by atoms with Crippen molar-refractivity contribution in [2.75, 3.05) is 19.0 Å². The highest BCUT2D eigenvalue weighted by atomic mass is 35.5. The fourth-order valence-electron chi connectivity index (χ4n) is 4.11. The monoisotopic (exact) mass is 474 g/mol. The van der Waals surface area contributed by atoms with Crippen LogP contribution in [0.5, 0.6) is 5.75 Å². The summed E-state index contributed by atoms with van der Waals surface area (Å²) in [5.41, 5.74) is 2.29. The molecule has 0 spiro atoms. The minimum Gasteiger partial charge on any atom is -0.495 e. The van der Waals surface area contributed by atoms with Crippen LogP contribution in [0.2, 0.25) is 5.02 Å². The van der Waals surface area contributed by atoms with E-state index >= 15 is 0 Å². The summed E-state index contributed by atoms with van der Waals surface area (Å²) in [6.07, 6.45) is 6.94. The number of nitrogens with one attached hydrogen (secondary N) is 2. The molecule has 0 radical (unpaired) electrons. The molecular formula is C24H31ClN4O4. The summed E-state index contributed by atoms with van der Waals surface area (Å²) in [4.78, 5) is 32.4. The minimum atomic E-state index is -0.727. The van der Waals surface area contributed by atoms with Crippen LogP contribution in [0, 0.1) is 11.8 Å². The first kappa shape index (κ1) is 24.8. The van der Waals surface area contributed by atoms with Crippen molar-refractivity contribution in [1.29, 1.82) is 0 Å². The summed E-state index contributed by atoms with van der Waals surface area (Å²) < 4.78 is 5.44. The van der Waals surface area contributed by atoms with Gasteiger partial charge in [-0.05, 0) is 57.1 Å². The summed E-state index contributed by atoms with van der Waals surface area (Å²) in [5, 5.41) is 15.7. The number of nitrogens with zero attached hydrogens (tertiary/aromatic N) is 2. The van der Waals surface area contributed by atoms with E-state index in [0.29, 0.717) is 41.5 Å². The number of amides is 1. The number of methoxy groups -OCH3 is 1. The van der Waals surface area contributed by atoms with E-state index in [1.165, 1.54) is 6.20 Å². The Morgan fingerprint density at radius 3 is 2.55 bits per heavy atom. The molecule has 1 saturated carbocycles.